The summed E-state index contributed by atoms with van der Waals surface area (Å²) in [6.07, 6.45) is 3.50. The smallest absolute Gasteiger partial charge is 0.339 e. The third kappa shape index (κ3) is 5.36. The molecule has 194 valence electrons. The van der Waals surface area contributed by atoms with Crippen molar-refractivity contribution in [3.8, 4) is 0 Å². The van der Waals surface area contributed by atoms with Gasteiger partial charge in [0.1, 0.15) is 0 Å². The molecule has 0 aliphatic carbocycles. The molecule has 5 rings (SSSR count). The molecule has 1 amide bonds. The van der Waals surface area contributed by atoms with Gasteiger partial charge in [-0.15, -0.1) is 0 Å². The first-order valence-electron chi connectivity index (χ1n) is 12.5. The first-order chi connectivity index (χ1) is 17.8. The number of piperidine rings is 1. The summed E-state index contributed by atoms with van der Waals surface area (Å²) in [5, 5.41) is 3.37. The summed E-state index contributed by atoms with van der Waals surface area (Å²) < 4.78 is 32.6. The first-order valence-corrected chi connectivity index (χ1v) is 13.9. The SMILES string of the molecule is CN1CCc2nc3ccccc3c(C(=O)OCC(=O)Nc3ccc(S(=O)(=O)N4CCCCC4)cc3)c2C1. The van der Waals surface area contributed by atoms with Crippen LogP contribution in [0.4, 0.5) is 5.69 Å². The Morgan fingerprint density at radius 3 is 2.49 bits per heavy atom. The van der Waals surface area contributed by atoms with Crippen LogP contribution in [0.5, 0.6) is 0 Å². The number of anilines is 1. The maximum atomic E-state index is 13.2. The standard InChI is InChI=1S/C27H30N4O5S/c1-30-16-13-24-22(17-30)26(21-7-3-4-8-23(21)29-24)27(33)36-18-25(32)28-19-9-11-20(12-10-19)37(34,35)31-14-5-2-6-15-31/h3-4,7-12H,2,5-6,13-18H2,1H3,(H,28,32). The normalized spacial score (nSPS) is 16.8. The zero-order valence-electron chi connectivity index (χ0n) is 20.8. The highest BCUT2D eigenvalue weighted by molar-refractivity contribution is 7.89. The molecule has 0 atom stereocenters. The van der Waals surface area contributed by atoms with E-state index in [2.05, 4.69) is 10.2 Å². The van der Waals surface area contributed by atoms with Gasteiger partial charge in [-0.25, -0.2) is 13.2 Å². The van der Waals surface area contributed by atoms with Gasteiger partial charge in [0.2, 0.25) is 10.0 Å². The summed E-state index contributed by atoms with van der Waals surface area (Å²) in [6, 6.07) is 13.5. The number of hydrogen-bond acceptors (Lipinski definition) is 7. The number of amides is 1. The number of pyridine rings is 1. The quantitative estimate of drug-likeness (QED) is 0.495. The van der Waals surface area contributed by atoms with Crippen molar-refractivity contribution < 1.29 is 22.7 Å². The van der Waals surface area contributed by atoms with E-state index >= 15 is 0 Å². The fraction of sp³-hybridized carbons (Fsp3) is 0.370. The van der Waals surface area contributed by atoms with E-state index in [9.17, 15) is 18.0 Å². The largest absolute Gasteiger partial charge is 0.452 e. The van der Waals surface area contributed by atoms with Crippen molar-refractivity contribution in [2.24, 2.45) is 0 Å². The van der Waals surface area contributed by atoms with E-state index in [1.165, 1.54) is 16.4 Å². The lowest BCUT2D eigenvalue weighted by molar-refractivity contribution is -0.119. The van der Waals surface area contributed by atoms with Gasteiger partial charge in [0.15, 0.2) is 6.61 Å². The second kappa shape index (κ2) is 10.6. The molecule has 2 aliphatic rings. The highest BCUT2D eigenvalue weighted by atomic mass is 32.2. The van der Waals surface area contributed by atoms with Crippen molar-refractivity contribution in [3.05, 3.63) is 65.4 Å². The Kier molecular flexibility index (Phi) is 7.23. The van der Waals surface area contributed by atoms with E-state index in [-0.39, 0.29) is 4.90 Å². The lowest BCUT2D eigenvalue weighted by atomic mass is 9.96. The van der Waals surface area contributed by atoms with E-state index in [4.69, 9.17) is 9.72 Å². The Hall–Kier alpha value is -3.34. The first kappa shape index (κ1) is 25.3. The van der Waals surface area contributed by atoms with Crippen molar-refractivity contribution in [3.63, 3.8) is 0 Å². The Labute approximate surface area is 216 Å². The van der Waals surface area contributed by atoms with Gasteiger partial charge in [0, 0.05) is 54.9 Å². The minimum Gasteiger partial charge on any atom is -0.452 e. The Bertz CT molecular complexity index is 1430. The molecule has 3 heterocycles. The number of para-hydroxylation sites is 1. The molecule has 1 aromatic heterocycles. The van der Waals surface area contributed by atoms with E-state index in [1.807, 2.05) is 31.3 Å². The number of rotatable bonds is 6. The van der Waals surface area contributed by atoms with E-state index in [0.717, 1.165) is 49.0 Å². The third-order valence-corrected chi connectivity index (χ3v) is 8.78. The minimum atomic E-state index is -3.55. The van der Waals surface area contributed by atoms with Gasteiger partial charge in [-0.3, -0.25) is 9.78 Å². The molecule has 37 heavy (non-hydrogen) atoms. The molecule has 1 fully saturated rings. The average Bonchev–Trinajstić information content (AvgIpc) is 2.91. The maximum absolute atomic E-state index is 13.2. The van der Waals surface area contributed by atoms with Crippen molar-refractivity contribution in [1.29, 1.82) is 0 Å². The highest BCUT2D eigenvalue weighted by Crippen LogP contribution is 2.28. The summed E-state index contributed by atoms with van der Waals surface area (Å²) in [4.78, 5) is 32.8. The zero-order chi connectivity index (χ0) is 26.0. The number of likely N-dealkylation sites (N-methyl/N-ethyl adjacent to an activating group) is 1. The summed E-state index contributed by atoms with van der Waals surface area (Å²) in [5.74, 6) is -1.08. The molecule has 2 aromatic carbocycles. The molecule has 0 spiro atoms. The summed E-state index contributed by atoms with van der Waals surface area (Å²) in [5.41, 5.74) is 3.32. The topological polar surface area (TPSA) is 109 Å². The predicted octanol–water partition coefficient (Wildman–Crippen LogP) is 3.19. The molecule has 1 N–H and O–H groups in total. The number of carbonyl (C=O) groups is 2. The van der Waals surface area contributed by atoms with Crippen LogP contribution in [0.1, 0.15) is 40.9 Å². The Morgan fingerprint density at radius 2 is 1.73 bits per heavy atom. The van der Waals surface area contributed by atoms with Crippen LogP contribution >= 0.6 is 0 Å². The van der Waals surface area contributed by atoms with Gasteiger partial charge in [0.05, 0.1) is 16.0 Å². The molecule has 0 radical (unpaired) electrons. The van der Waals surface area contributed by atoms with Gasteiger partial charge in [-0.2, -0.15) is 4.31 Å². The molecular formula is C27H30N4O5S. The van der Waals surface area contributed by atoms with Gasteiger partial charge >= 0.3 is 5.97 Å². The molecule has 0 bridgehead atoms. The summed E-state index contributed by atoms with van der Waals surface area (Å²) >= 11 is 0. The van der Waals surface area contributed by atoms with Crippen molar-refractivity contribution in [1.82, 2.24) is 14.2 Å². The monoisotopic (exact) mass is 522 g/mol. The molecule has 2 aliphatic heterocycles. The van der Waals surface area contributed by atoms with Crippen LogP contribution in [0.3, 0.4) is 0 Å². The van der Waals surface area contributed by atoms with Gasteiger partial charge in [-0.1, -0.05) is 24.6 Å². The number of nitrogens with zero attached hydrogens (tertiary/aromatic N) is 3. The molecule has 1 saturated heterocycles. The van der Waals surface area contributed by atoms with Crippen LogP contribution in [-0.2, 0) is 32.5 Å². The van der Waals surface area contributed by atoms with E-state index in [0.29, 0.717) is 36.3 Å². The van der Waals surface area contributed by atoms with Crippen LogP contribution in [0.15, 0.2) is 53.4 Å². The number of carbonyl (C=O) groups excluding carboxylic acids is 2. The third-order valence-electron chi connectivity index (χ3n) is 6.87. The maximum Gasteiger partial charge on any atom is 0.339 e. The number of aromatic nitrogens is 1. The summed E-state index contributed by atoms with van der Waals surface area (Å²) in [7, 11) is -1.56. The number of sulfonamides is 1. The van der Waals surface area contributed by atoms with Crippen molar-refractivity contribution in [2.75, 3.05) is 38.6 Å². The van der Waals surface area contributed by atoms with Crippen LogP contribution < -0.4 is 5.32 Å². The van der Waals surface area contributed by atoms with E-state index in [1.54, 1.807) is 12.1 Å². The molecule has 0 saturated carbocycles. The lowest BCUT2D eigenvalue weighted by Gasteiger charge is -2.26. The molecule has 9 nitrogen and oxygen atoms in total. The minimum absolute atomic E-state index is 0.193. The number of esters is 1. The van der Waals surface area contributed by atoms with Crippen molar-refractivity contribution in [2.45, 2.75) is 37.1 Å². The van der Waals surface area contributed by atoms with Gasteiger partial charge in [0.25, 0.3) is 5.91 Å². The number of benzene rings is 2. The lowest BCUT2D eigenvalue weighted by Crippen LogP contribution is -2.35. The second-order valence-electron chi connectivity index (χ2n) is 9.53. The van der Waals surface area contributed by atoms with Gasteiger partial charge < -0.3 is 15.0 Å². The Balaban J connectivity index is 1.26. The number of nitrogens with one attached hydrogen (secondary N) is 1. The van der Waals surface area contributed by atoms with Crippen LogP contribution in [0.2, 0.25) is 0 Å². The van der Waals surface area contributed by atoms with Crippen LogP contribution in [-0.4, -0.2) is 67.8 Å². The number of fused-ring (bicyclic) bond motifs is 2. The molecular weight excluding hydrogens is 492 g/mol. The zero-order valence-corrected chi connectivity index (χ0v) is 21.6. The number of hydrogen-bond donors (Lipinski definition) is 1. The van der Waals surface area contributed by atoms with Gasteiger partial charge in [-0.05, 0) is 50.2 Å². The second-order valence-corrected chi connectivity index (χ2v) is 11.5. The summed E-state index contributed by atoms with van der Waals surface area (Å²) in [6.45, 7) is 2.02. The fourth-order valence-electron chi connectivity index (χ4n) is 4.92. The average molecular weight is 523 g/mol. The van der Waals surface area contributed by atoms with E-state index < -0.39 is 28.5 Å². The van der Waals surface area contributed by atoms with Crippen LogP contribution in [0.25, 0.3) is 10.9 Å². The predicted molar refractivity (Wildman–Crippen MR) is 140 cm³/mol. The van der Waals surface area contributed by atoms with Crippen LogP contribution in [0, 0.1) is 0 Å². The highest BCUT2D eigenvalue weighted by Gasteiger charge is 2.27. The van der Waals surface area contributed by atoms with Crippen molar-refractivity contribution >= 4 is 38.5 Å². The molecule has 10 heteroatoms. The molecule has 3 aromatic rings. The fourth-order valence-corrected chi connectivity index (χ4v) is 6.44. The molecule has 0 unspecified atom stereocenters. The Morgan fingerprint density at radius 1 is 1.00 bits per heavy atom. The number of ether oxygens (including phenoxy) is 1.